The van der Waals surface area contributed by atoms with E-state index in [0.717, 1.165) is 13.0 Å². The highest BCUT2D eigenvalue weighted by molar-refractivity contribution is 4.37. The topological polar surface area (TPSA) is 36.9 Å². The van der Waals surface area contributed by atoms with Crippen LogP contribution in [-0.2, 0) is 18.9 Å². The molecule has 0 aromatic heterocycles. The van der Waals surface area contributed by atoms with Crippen molar-refractivity contribution in [3.8, 4) is 0 Å². The second kappa shape index (κ2) is 12.9. The summed E-state index contributed by atoms with van der Waals surface area (Å²) in [4.78, 5) is 0. The molecule has 0 spiro atoms. The molecule has 0 fully saturated rings. The van der Waals surface area contributed by atoms with Gasteiger partial charge >= 0.3 is 0 Å². The first kappa shape index (κ1) is 15.8. The zero-order valence-electron chi connectivity index (χ0n) is 10.9. The third-order valence-corrected chi connectivity index (χ3v) is 1.77. The minimum Gasteiger partial charge on any atom is -0.379 e. The molecular weight excluding hydrogens is 208 g/mol. The Morgan fingerprint density at radius 3 is 1.56 bits per heavy atom. The zero-order valence-corrected chi connectivity index (χ0v) is 10.9. The summed E-state index contributed by atoms with van der Waals surface area (Å²) >= 11 is 0. The van der Waals surface area contributed by atoms with Crippen molar-refractivity contribution in [3.05, 3.63) is 0 Å². The highest BCUT2D eigenvalue weighted by Crippen LogP contribution is 1.87. The highest BCUT2D eigenvalue weighted by Gasteiger charge is 1.93. The molecule has 0 aliphatic heterocycles. The standard InChI is InChI=1S/C12H26O4/c1-4-5-13-6-7-14-8-9-15-10-11-16-12(2)3/h12H,4-11H2,1-3H3. The molecule has 0 saturated carbocycles. The molecule has 0 amide bonds. The summed E-state index contributed by atoms with van der Waals surface area (Å²) in [5, 5.41) is 0. The number of rotatable bonds is 12. The maximum absolute atomic E-state index is 5.33. The average molecular weight is 234 g/mol. The molecule has 0 aliphatic carbocycles. The van der Waals surface area contributed by atoms with Gasteiger partial charge in [0.05, 0.1) is 45.7 Å². The molecule has 0 atom stereocenters. The molecule has 4 heteroatoms. The van der Waals surface area contributed by atoms with Crippen LogP contribution in [0.2, 0.25) is 0 Å². The summed E-state index contributed by atoms with van der Waals surface area (Å²) in [6, 6.07) is 0. The lowest BCUT2D eigenvalue weighted by Crippen LogP contribution is -2.13. The van der Waals surface area contributed by atoms with Crippen LogP contribution in [0.1, 0.15) is 27.2 Å². The summed E-state index contributed by atoms with van der Waals surface area (Å²) in [5.41, 5.74) is 0. The van der Waals surface area contributed by atoms with E-state index in [1.807, 2.05) is 13.8 Å². The van der Waals surface area contributed by atoms with Gasteiger partial charge in [-0.1, -0.05) is 6.92 Å². The largest absolute Gasteiger partial charge is 0.379 e. The molecule has 0 aromatic carbocycles. The molecule has 0 bridgehead atoms. The Labute approximate surface area is 99.2 Å². The molecule has 4 nitrogen and oxygen atoms in total. The molecule has 0 saturated heterocycles. The fraction of sp³-hybridized carbons (Fsp3) is 1.00. The van der Waals surface area contributed by atoms with E-state index in [9.17, 15) is 0 Å². The first-order valence-corrected chi connectivity index (χ1v) is 6.12. The molecule has 0 aliphatic rings. The smallest absolute Gasteiger partial charge is 0.0703 e. The molecule has 0 radical (unpaired) electrons. The molecule has 0 rings (SSSR count). The Balaban J connectivity index is 2.88. The van der Waals surface area contributed by atoms with Gasteiger partial charge in [-0.15, -0.1) is 0 Å². The van der Waals surface area contributed by atoms with Crippen molar-refractivity contribution in [2.45, 2.75) is 33.3 Å². The predicted octanol–water partition coefficient (Wildman–Crippen LogP) is 1.87. The van der Waals surface area contributed by atoms with E-state index < -0.39 is 0 Å². The Kier molecular flexibility index (Phi) is 12.8. The number of hydrogen-bond donors (Lipinski definition) is 0. The summed E-state index contributed by atoms with van der Waals surface area (Å²) in [6.07, 6.45) is 1.33. The molecule has 98 valence electrons. The predicted molar refractivity (Wildman–Crippen MR) is 63.8 cm³/mol. The molecule has 0 N–H and O–H groups in total. The second-order valence-corrected chi connectivity index (χ2v) is 3.76. The lowest BCUT2D eigenvalue weighted by atomic mass is 10.5. The summed E-state index contributed by atoms with van der Waals surface area (Å²) < 4.78 is 21.2. The van der Waals surface area contributed by atoms with Crippen LogP contribution >= 0.6 is 0 Å². The number of hydrogen-bond acceptors (Lipinski definition) is 4. The first-order chi connectivity index (χ1) is 7.77. The third kappa shape index (κ3) is 13.8. The Morgan fingerprint density at radius 1 is 0.688 bits per heavy atom. The van der Waals surface area contributed by atoms with E-state index in [1.54, 1.807) is 0 Å². The van der Waals surface area contributed by atoms with Gasteiger partial charge in [-0.2, -0.15) is 0 Å². The van der Waals surface area contributed by atoms with E-state index in [1.165, 1.54) is 0 Å². The van der Waals surface area contributed by atoms with Crippen molar-refractivity contribution in [2.75, 3.05) is 46.2 Å². The van der Waals surface area contributed by atoms with Crippen LogP contribution in [0.4, 0.5) is 0 Å². The molecule has 0 aromatic rings. The van der Waals surface area contributed by atoms with Gasteiger partial charge in [-0.05, 0) is 20.3 Å². The monoisotopic (exact) mass is 234 g/mol. The Bertz CT molecular complexity index is 128. The van der Waals surface area contributed by atoms with Gasteiger partial charge in [-0.25, -0.2) is 0 Å². The van der Waals surface area contributed by atoms with E-state index >= 15 is 0 Å². The normalized spacial score (nSPS) is 11.2. The molecular formula is C12H26O4. The Morgan fingerprint density at radius 2 is 1.12 bits per heavy atom. The van der Waals surface area contributed by atoms with Crippen LogP contribution in [0.15, 0.2) is 0 Å². The van der Waals surface area contributed by atoms with Crippen molar-refractivity contribution in [1.29, 1.82) is 0 Å². The summed E-state index contributed by atoms with van der Waals surface area (Å²) in [5.74, 6) is 0. The summed E-state index contributed by atoms with van der Waals surface area (Å²) in [6.45, 7) is 10.8. The minimum atomic E-state index is 0.274. The second-order valence-electron chi connectivity index (χ2n) is 3.76. The van der Waals surface area contributed by atoms with Crippen LogP contribution < -0.4 is 0 Å². The first-order valence-electron chi connectivity index (χ1n) is 6.12. The van der Waals surface area contributed by atoms with Gasteiger partial charge in [0.15, 0.2) is 0 Å². The highest BCUT2D eigenvalue weighted by atomic mass is 16.6. The number of ether oxygens (including phenoxy) is 4. The van der Waals surface area contributed by atoms with Gasteiger partial charge in [0.1, 0.15) is 0 Å². The van der Waals surface area contributed by atoms with E-state index in [2.05, 4.69) is 6.92 Å². The lowest BCUT2D eigenvalue weighted by Gasteiger charge is -2.08. The SMILES string of the molecule is CCCOCCOCCOCCOC(C)C. The van der Waals surface area contributed by atoms with Gasteiger partial charge in [0.25, 0.3) is 0 Å². The van der Waals surface area contributed by atoms with Crippen molar-refractivity contribution in [1.82, 2.24) is 0 Å². The minimum absolute atomic E-state index is 0.274. The van der Waals surface area contributed by atoms with Crippen LogP contribution in [0.25, 0.3) is 0 Å². The van der Waals surface area contributed by atoms with E-state index in [0.29, 0.717) is 39.6 Å². The maximum atomic E-state index is 5.33. The van der Waals surface area contributed by atoms with Crippen LogP contribution in [0.5, 0.6) is 0 Å². The van der Waals surface area contributed by atoms with Crippen LogP contribution in [-0.4, -0.2) is 52.4 Å². The van der Waals surface area contributed by atoms with E-state index in [4.69, 9.17) is 18.9 Å². The molecule has 0 heterocycles. The quantitative estimate of drug-likeness (QED) is 0.483. The van der Waals surface area contributed by atoms with Gasteiger partial charge < -0.3 is 18.9 Å². The zero-order chi connectivity index (χ0) is 12.1. The fourth-order valence-corrected chi connectivity index (χ4v) is 1.03. The van der Waals surface area contributed by atoms with Crippen molar-refractivity contribution < 1.29 is 18.9 Å². The van der Waals surface area contributed by atoms with Crippen LogP contribution in [0.3, 0.4) is 0 Å². The fourth-order valence-electron chi connectivity index (χ4n) is 1.03. The van der Waals surface area contributed by atoms with Crippen molar-refractivity contribution in [3.63, 3.8) is 0 Å². The van der Waals surface area contributed by atoms with Gasteiger partial charge in [0.2, 0.25) is 0 Å². The molecule has 0 unspecified atom stereocenters. The maximum Gasteiger partial charge on any atom is 0.0703 e. The van der Waals surface area contributed by atoms with Crippen molar-refractivity contribution in [2.24, 2.45) is 0 Å². The molecule has 16 heavy (non-hydrogen) atoms. The van der Waals surface area contributed by atoms with Crippen molar-refractivity contribution >= 4 is 0 Å². The van der Waals surface area contributed by atoms with Gasteiger partial charge in [-0.3, -0.25) is 0 Å². The summed E-state index contributed by atoms with van der Waals surface area (Å²) in [7, 11) is 0. The van der Waals surface area contributed by atoms with Crippen LogP contribution in [0, 0.1) is 0 Å². The average Bonchev–Trinajstić information content (AvgIpc) is 2.25. The Hall–Kier alpha value is -0.160. The third-order valence-electron chi connectivity index (χ3n) is 1.77. The van der Waals surface area contributed by atoms with Gasteiger partial charge in [0, 0.05) is 6.61 Å². The lowest BCUT2D eigenvalue weighted by molar-refractivity contribution is -0.0116. The van der Waals surface area contributed by atoms with E-state index in [-0.39, 0.29) is 6.10 Å².